The number of benzene rings is 1. The first kappa shape index (κ1) is 14.5. The standard InChI is InChI=1S/C16H18Cl2O/c1-8-9(2)11(4)15(12(5)10(8)3)16(18)13-6-7-14(17)19-13/h6-7,16H,1-5H3. The van der Waals surface area contributed by atoms with E-state index >= 15 is 0 Å². The molecule has 2 aromatic rings. The summed E-state index contributed by atoms with van der Waals surface area (Å²) in [6, 6.07) is 3.56. The molecular weight excluding hydrogens is 279 g/mol. The summed E-state index contributed by atoms with van der Waals surface area (Å²) in [4.78, 5) is 0. The molecule has 19 heavy (non-hydrogen) atoms. The van der Waals surface area contributed by atoms with Gasteiger partial charge in [0.25, 0.3) is 0 Å². The maximum absolute atomic E-state index is 6.60. The van der Waals surface area contributed by atoms with Crippen LogP contribution in [0.5, 0.6) is 0 Å². The van der Waals surface area contributed by atoms with E-state index in [1.165, 1.54) is 27.8 Å². The number of hydrogen-bond acceptors (Lipinski definition) is 1. The molecular formula is C16H18Cl2O. The van der Waals surface area contributed by atoms with Crippen molar-refractivity contribution in [2.75, 3.05) is 0 Å². The zero-order valence-electron chi connectivity index (χ0n) is 11.9. The van der Waals surface area contributed by atoms with E-state index < -0.39 is 0 Å². The van der Waals surface area contributed by atoms with Crippen LogP contribution in [-0.4, -0.2) is 0 Å². The Morgan fingerprint density at radius 1 is 0.842 bits per heavy atom. The van der Waals surface area contributed by atoms with Crippen molar-refractivity contribution in [1.29, 1.82) is 0 Å². The van der Waals surface area contributed by atoms with E-state index in [1.54, 1.807) is 6.07 Å². The second kappa shape index (κ2) is 5.22. The van der Waals surface area contributed by atoms with Gasteiger partial charge in [0.15, 0.2) is 5.22 Å². The van der Waals surface area contributed by atoms with Crippen LogP contribution in [0.15, 0.2) is 16.5 Å². The molecule has 2 rings (SSSR count). The van der Waals surface area contributed by atoms with Gasteiger partial charge in [-0.25, -0.2) is 0 Å². The second-order valence-electron chi connectivity index (χ2n) is 5.04. The van der Waals surface area contributed by atoms with Gasteiger partial charge in [-0.15, -0.1) is 11.6 Å². The smallest absolute Gasteiger partial charge is 0.193 e. The number of hydrogen-bond donors (Lipinski definition) is 0. The molecule has 0 aliphatic rings. The Labute approximate surface area is 124 Å². The van der Waals surface area contributed by atoms with E-state index in [9.17, 15) is 0 Å². The summed E-state index contributed by atoms with van der Waals surface area (Å²) in [5, 5.41) is 0.0713. The minimum Gasteiger partial charge on any atom is -0.448 e. The van der Waals surface area contributed by atoms with Crippen LogP contribution >= 0.6 is 23.2 Å². The van der Waals surface area contributed by atoms with Crippen molar-refractivity contribution < 1.29 is 4.42 Å². The molecule has 0 amide bonds. The Morgan fingerprint density at radius 2 is 1.32 bits per heavy atom. The average molecular weight is 297 g/mol. The van der Waals surface area contributed by atoms with Gasteiger partial charge in [-0.1, -0.05) is 0 Å². The van der Waals surface area contributed by atoms with E-state index in [1.807, 2.05) is 6.07 Å². The quantitative estimate of drug-likeness (QED) is 0.638. The van der Waals surface area contributed by atoms with Crippen LogP contribution in [-0.2, 0) is 0 Å². The molecule has 1 atom stereocenters. The Bertz CT molecular complexity index is 597. The zero-order chi connectivity index (χ0) is 14.3. The normalized spacial score (nSPS) is 12.8. The molecule has 0 radical (unpaired) electrons. The third-order valence-electron chi connectivity index (χ3n) is 4.16. The van der Waals surface area contributed by atoms with Crippen LogP contribution in [0.1, 0.15) is 44.5 Å². The van der Waals surface area contributed by atoms with Crippen LogP contribution in [0.4, 0.5) is 0 Å². The molecule has 1 nitrogen and oxygen atoms in total. The first-order valence-electron chi connectivity index (χ1n) is 6.30. The lowest BCUT2D eigenvalue weighted by Gasteiger charge is -2.21. The van der Waals surface area contributed by atoms with E-state index in [2.05, 4.69) is 34.6 Å². The predicted molar refractivity (Wildman–Crippen MR) is 81.5 cm³/mol. The van der Waals surface area contributed by atoms with E-state index in [4.69, 9.17) is 27.6 Å². The van der Waals surface area contributed by atoms with Crippen molar-refractivity contribution in [3.63, 3.8) is 0 Å². The van der Waals surface area contributed by atoms with Crippen molar-refractivity contribution in [3.05, 3.63) is 56.5 Å². The molecule has 0 aliphatic heterocycles. The van der Waals surface area contributed by atoms with Crippen molar-refractivity contribution >= 4 is 23.2 Å². The minimum atomic E-state index is -0.300. The molecule has 0 saturated carbocycles. The molecule has 1 aromatic heterocycles. The maximum atomic E-state index is 6.60. The minimum absolute atomic E-state index is 0.300. The molecule has 102 valence electrons. The van der Waals surface area contributed by atoms with E-state index in [-0.39, 0.29) is 5.38 Å². The van der Waals surface area contributed by atoms with Gasteiger partial charge in [-0.2, -0.15) is 0 Å². The molecule has 3 heteroatoms. The van der Waals surface area contributed by atoms with Gasteiger partial charge in [0.05, 0.1) is 0 Å². The molecule has 0 N–H and O–H groups in total. The molecule has 1 heterocycles. The van der Waals surface area contributed by atoms with Gasteiger partial charge >= 0.3 is 0 Å². The molecule has 1 aromatic carbocycles. The number of furan rings is 1. The van der Waals surface area contributed by atoms with Crippen molar-refractivity contribution in [2.24, 2.45) is 0 Å². The SMILES string of the molecule is Cc1c(C)c(C)c(C(Cl)c2ccc(Cl)o2)c(C)c1C. The summed E-state index contributed by atoms with van der Waals surface area (Å²) in [5.41, 5.74) is 7.51. The van der Waals surface area contributed by atoms with Crippen LogP contribution in [0, 0.1) is 34.6 Å². The Hall–Kier alpha value is -0.920. The lowest BCUT2D eigenvalue weighted by molar-refractivity contribution is 0.517. The summed E-state index contributed by atoms with van der Waals surface area (Å²) in [6.45, 7) is 10.7. The lowest BCUT2D eigenvalue weighted by Crippen LogP contribution is -2.05. The largest absolute Gasteiger partial charge is 0.448 e. The second-order valence-corrected chi connectivity index (χ2v) is 5.85. The van der Waals surface area contributed by atoms with Crippen molar-refractivity contribution in [1.82, 2.24) is 0 Å². The first-order chi connectivity index (χ1) is 8.84. The van der Waals surface area contributed by atoms with Crippen LogP contribution in [0.3, 0.4) is 0 Å². The van der Waals surface area contributed by atoms with E-state index in [0.29, 0.717) is 11.0 Å². The Morgan fingerprint density at radius 3 is 1.74 bits per heavy atom. The molecule has 0 aliphatic carbocycles. The fourth-order valence-electron chi connectivity index (χ4n) is 2.52. The summed E-state index contributed by atoms with van der Waals surface area (Å²) >= 11 is 12.4. The fourth-order valence-corrected chi connectivity index (χ4v) is 3.11. The van der Waals surface area contributed by atoms with Crippen LogP contribution in [0.2, 0.25) is 5.22 Å². The highest BCUT2D eigenvalue weighted by Crippen LogP contribution is 2.38. The van der Waals surface area contributed by atoms with Gasteiger partial charge in [-0.05, 0) is 91.7 Å². The van der Waals surface area contributed by atoms with Gasteiger partial charge in [0.1, 0.15) is 11.1 Å². The molecule has 0 saturated heterocycles. The third kappa shape index (κ3) is 2.42. The summed E-state index contributed by atoms with van der Waals surface area (Å²) in [7, 11) is 0. The molecule has 0 bridgehead atoms. The monoisotopic (exact) mass is 296 g/mol. The van der Waals surface area contributed by atoms with Crippen LogP contribution in [0.25, 0.3) is 0 Å². The number of halogens is 2. The number of rotatable bonds is 2. The zero-order valence-corrected chi connectivity index (χ0v) is 13.4. The predicted octanol–water partition coefficient (Wildman–Crippen LogP) is 5.80. The van der Waals surface area contributed by atoms with Crippen molar-refractivity contribution in [2.45, 2.75) is 40.0 Å². The Balaban J connectivity index is 2.63. The van der Waals surface area contributed by atoms with Gasteiger partial charge < -0.3 is 4.42 Å². The highest BCUT2D eigenvalue weighted by molar-refractivity contribution is 6.29. The summed E-state index contributed by atoms with van der Waals surface area (Å²) < 4.78 is 5.45. The third-order valence-corrected chi connectivity index (χ3v) is 4.79. The molecule has 0 fully saturated rings. The highest BCUT2D eigenvalue weighted by atomic mass is 35.5. The summed E-state index contributed by atoms with van der Waals surface area (Å²) in [6.07, 6.45) is 0. The van der Waals surface area contributed by atoms with Gasteiger partial charge in [0.2, 0.25) is 0 Å². The van der Waals surface area contributed by atoms with Crippen LogP contribution < -0.4 is 0 Å². The van der Waals surface area contributed by atoms with Gasteiger partial charge in [-0.3, -0.25) is 0 Å². The molecule has 1 unspecified atom stereocenters. The summed E-state index contributed by atoms with van der Waals surface area (Å²) in [5.74, 6) is 0.695. The highest BCUT2D eigenvalue weighted by Gasteiger charge is 2.22. The topological polar surface area (TPSA) is 13.1 Å². The fraction of sp³-hybridized carbons (Fsp3) is 0.375. The Kier molecular flexibility index (Phi) is 3.98. The van der Waals surface area contributed by atoms with Crippen molar-refractivity contribution in [3.8, 4) is 0 Å². The average Bonchev–Trinajstić information content (AvgIpc) is 2.81. The lowest BCUT2D eigenvalue weighted by atomic mass is 9.87. The maximum Gasteiger partial charge on any atom is 0.193 e. The number of alkyl halides is 1. The first-order valence-corrected chi connectivity index (χ1v) is 7.12. The van der Waals surface area contributed by atoms with E-state index in [0.717, 1.165) is 5.56 Å². The molecule has 0 spiro atoms. The van der Waals surface area contributed by atoms with Gasteiger partial charge in [0, 0.05) is 0 Å².